The van der Waals surface area contributed by atoms with E-state index in [1.54, 1.807) is 53.4 Å². The van der Waals surface area contributed by atoms with Crippen molar-refractivity contribution in [1.29, 1.82) is 0 Å². The molecule has 0 unspecified atom stereocenters. The molecule has 0 saturated carbocycles. The van der Waals surface area contributed by atoms with Gasteiger partial charge in [0.15, 0.2) is 11.5 Å². The number of aromatic nitrogens is 1. The van der Waals surface area contributed by atoms with E-state index in [0.29, 0.717) is 70.7 Å². The van der Waals surface area contributed by atoms with E-state index in [1.165, 1.54) is 14.2 Å². The number of amides is 1. The van der Waals surface area contributed by atoms with Crippen LogP contribution in [0, 0.1) is 0 Å². The standard InChI is InChI=1S/C30H29F3N2O4/c1-38-26-9-7-20(16-27(26)39-2)28-24(17-30(31,32)33)23-15-19(6-8-25(23)34-28)18-4-3-5-21(14-18)29(37)35-12-10-22(36)11-13-35/h3-9,14-16,22,34,36H,10-13,17H2,1-2H3. The summed E-state index contributed by atoms with van der Waals surface area (Å²) in [6.45, 7) is 0.971. The highest BCUT2D eigenvalue weighted by Gasteiger charge is 2.31. The molecule has 2 N–H and O–H groups in total. The smallest absolute Gasteiger partial charge is 0.393 e. The minimum absolute atomic E-state index is 0.125. The van der Waals surface area contributed by atoms with Gasteiger partial charge in [-0.15, -0.1) is 0 Å². The number of fused-ring (bicyclic) bond motifs is 1. The number of H-pyrrole nitrogens is 1. The van der Waals surface area contributed by atoms with Crippen molar-refractivity contribution in [1.82, 2.24) is 9.88 Å². The van der Waals surface area contributed by atoms with E-state index >= 15 is 0 Å². The molecule has 6 nitrogen and oxygen atoms in total. The Hall–Kier alpha value is -3.98. The number of methoxy groups -OCH3 is 2. The molecular formula is C30H29F3N2O4. The number of piperidine rings is 1. The minimum Gasteiger partial charge on any atom is -0.493 e. The fourth-order valence-electron chi connectivity index (χ4n) is 5.13. The maximum absolute atomic E-state index is 13.8. The number of alkyl halides is 3. The molecule has 1 aliphatic rings. The summed E-state index contributed by atoms with van der Waals surface area (Å²) in [6.07, 6.45) is -4.84. The van der Waals surface area contributed by atoms with E-state index < -0.39 is 12.6 Å². The van der Waals surface area contributed by atoms with Gasteiger partial charge in [0.2, 0.25) is 0 Å². The van der Waals surface area contributed by atoms with Gasteiger partial charge in [-0.2, -0.15) is 13.2 Å². The molecule has 4 aromatic rings. The molecule has 0 atom stereocenters. The molecule has 3 aromatic carbocycles. The van der Waals surface area contributed by atoms with Crippen molar-refractivity contribution < 1.29 is 32.5 Å². The Kier molecular flexibility index (Phi) is 7.27. The van der Waals surface area contributed by atoms with Crippen LogP contribution in [0.3, 0.4) is 0 Å². The van der Waals surface area contributed by atoms with Crippen LogP contribution in [0.2, 0.25) is 0 Å². The average molecular weight is 539 g/mol. The van der Waals surface area contributed by atoms with E-state index in [9.17, 15) is 23.1 Å². The van der Waals surface area contributed by atoms with Crippen molar-refractivity contribution in [3.05, 3.63) is 71.8 Å². The lowest BCUT2D eigenvalue weighted by Gasteiger charge is -2.29. The molecule has 1 saturated heterocycles. The molecule has 5 rings (SSSR count). The molecule has 0 spiro atoms. The van der Waals surface area contributed by atoms with Gasteiger partial charge >= 0.3 is 6.18 Å². The molecule has 1 aliphatic heterocycles. The molecule has 204 valence electrons. The summed E-state index contributed by atoms with van der Waals surface area (Å²) in [5, 5.41) is 10.2. The van der Waals surface area contributed by atoms with Gasteiger partial charge in [-0.25, -0.2) is 0 Å². The first kappa shape index (κ1) is 26.6. The zero-order valence-corrected chi connectivity index (χ0v) is 21.6. The fourth-order valence-corrected chi connectivity index (χ4v) is 5.13. The van der Waals surface area contributed by atoms with E-state index in [0.717, 1.165) is 5.56 Å². The van der Waals surface area contributed by atoms with Gasteiger partial charge in [-0.1, -0.05) is 18.2 Å². The normalized spacial score (nSPS) is 14.6. The van der Waals surface area contributed by atoms with Crippen molar-refractivity contribution in [2.45, 2.75) is 31.5 Å². The maximum atomic E-state index is 13.8. The van der Waals surface area contributed by atoms with E-state index in [2.05, 4.69) is 4.98 Å². The summed E-state index contributed by atoms with van der Waals surface area (Å²) in [7, 11) is 2.97. The highest BCUT2D eigenvalue weighted by Crippen LogP contribution is 2.39. The Labute approximate surface area is 224 Å². The maximum Gasteiger partial charge on any atom is 0.393 e. The number of aliphatic hydroxyl groups excluding tert-OH is 1. The topological polar surface area (TPSA) is 74.8 Å². The van der Waals surface area contributed by atoms with E-state index in [1.807, 2.05) is 12.1 Å². The number of carbonyl (C=O) groups is 1. The monoisotopic (exact) mass is 538 g/mol. The van der Waals surface area contributed by atoms with Crippen molar-refractivity contribution in [2.75, 3.05) is 27.3 Å². The third-order valence-electron chi connectivity index (χ3n) is 7.15. The first-order valence-corrected chi connectivity index (χ1v) is 12.7. The lowest BCUT2D eigenvalue weighted by atomic mass is 9.97. The zero-order valence-electron chi connectivity index (χ0n) is 21.6. The average Bonchev–Trinajstić information content (AvgIpc) is 3.28. The number of likely N-dealkylation sites (tertiary alicyclic amines) is 1. The van der Waals surface area contributed by atoms with Gasteiger partial charge in [-0.05, 0) is 72.0 Å². The Bertz CT molecular complexity index is 1500. The van der Waals surface area contributed by atoms with Gasteiger partial charge in [0, 0.05) is 35.1 Å². The first-order chi connectivity index (χ1) is 18.7. The predicted molar refractivity (Wildman–Crippen MR) is 143 cm³/mol. The van der Waals surface area contributed by atoms with Crippen LogP contribution in [0.1, 0.15) is 28.8 Å². The SMILES string of the molecule is COc1ccc(-c2[nH]c3ccc(-c4cccc(C(=O)N5CCC(O)CC5)c4)cc3c2CC(F)(F)F)cc1OC. The van der Waals surface area contributed by atoms with Crippen LogP contribution in [0.25, 0.3) is 33.3 Å². The van der Waals surface area contributed by atoms with Crippen LogP contribution in [0.15, 0.2) is 60.7 Å². The predicted octanol–water partition coefficient (Wildman–Crippen LogP) is 6.22. The van der Waals surface area contributed by atoms with Gasteiger partial charge in [-0.3, -0.25) is 4.79 Å². The summed E-state index contributed by atoms with van der Waals surface area (Å²) in [5.41, 5.74) is 3.53. The number of nitrogens with one attached hydrogen (secondary N) is 1. The highest BCUT2D eigenvalue weighted by molar-refractivity contribution is 5.97. The second kappa shape index (κ2) is 10.6. The van der Waals surface area contributed by atoms with Crippen LogP contribution in [-0.4, -0.2) is 60.5 Å². The lowest BCUT2D eigenvalue weighted by molar-refractivity contribution is -0.126. The lowest BCUT2D eigenvalue weighted by Crippen LogP contribution is -2.40. The van der Waals surface area contributed by atoms with Crippen LogP contribution in [0.5, 0.6) is 11.5 Å². The molecule has 39 heavy (non-hydrogen) atoms. The summed E-state index contributed by atoms with van der Waals surface area (Å²) >= 11 is 0. The number of hydrogen-bond donors (Lipinski definition) is 2. The van der Waals surface area contributed by atoms with Gasteiger partial charge in [0.05, 0.1) is 32.4 Å². The third kappa shape index (κ3) is 5.59. The number of hydrogen-bond acceptors (Lipinski definition) is 4. The molecule has 0 radical (unpaired) electrons. The minimum atomic E-state index is -4.43. The summed E-state index contributed by atoms with van der Waals surface area (Å²) in [6, 6.07) is 17.4. The number of aliphatic hydroxyl groups is 1. The molecule has 9 heteroatoms. The van der Waals surface area contributed by atoms with Crippen molar-refractivity contribution in [2.24, 2.45) is 0 Å². The van der Waals surface area contributed by atoms with Crippen molar-refractivity contribution >= 4 is 16.8 Å². The van der Waals surface area contributed by atoms with E-state index in [-0.39, 0.29) is 17.6 Å². The zero-order chi connectivity index (χ0) is 27.7. The Morgan fingerprint density at radius 1 is 0.949 bits per heavy atom. The first-order valence-electron chi connectivity index (χ1n) is 12.7. The van der Waals surface area contributed by atoms with Gasteiger partial charge < -0.3 is 24.5 Å². The number of halogens is 3. The van der Waals surface area contributed by atoms with Gasteiger partial charge in [0.1, 0.15) is 0 Å². The van der Waals surface area contributed by atoms with E-state index in [4.69, 9.17) is 9.47 Å². The van der Waals surface area contributed by atoms with Crippen LogP contribution in [-0.2, 0) is 6.42 Å². The molecular weight excluding hydrogens is 509 g/mol. The van der Waals surface area contributed by atoms with Gasteiger partial charge in [0.25, 0.3) is 5.91 Å². The van der Waals surface area contributed by atoms with Crippen molar-refractivity contribution in [3.63, 3.8) is 0 Å². The quantitative estimate of drug-likeness (QED) is 0.306. The number of rotatable bonds is 6. The Morgan fingerprint density at radius 3 is 2.33 bits per heavy atom. The summed E-state index contributed by atoms with van der Waals surface area (Å²) in [4.78, 5) is 18.0. The van der Waals surface area contributed by atoms with Crippen LogP contribution in [0.4, 0.5) is 13.2 Å². The Morgan fingerprint density at radius 2 is 1.64 bits per heavy atom. The largest absolute Gasteiger partial charge is 0.493 e. The number of ether oxygens (including phenoxy) is 2. The number of carbonyl (C=O) groups excluding carboxylic acids is 1. The molecule has 1 aromatic heterocycles. The molecule has 1 amide bonds. The Balaban J connectivity index is 1.56. The molecule has 0 aliphatic carbocycles. The fraction of sp³-hybridized carbons (Fsp3) is 0.300. The number of aromatic amines is 1. The third-order valence-corrected chi connectivity index (χ3v) is 7.15. The molecule has 0 bridgehead atoms. The second-order valence-corrected chi connectivity index (χ2v) is 9.70. The molecule has 2 heterocycles. The molecule has 1 fully saturated rings. The highest BCUT2D eigenvalue weighted by atomic mass is 19.4. The van der Waals surface area contributed by atoms with Crippen LogP contribution < -0.4 is 9.47 Å². The summed E-state index contributed by atoms with van der Waals surface area (Å²) < 4.78 is 51.9. The van der Waals surface area contributed by atoms with Crippen molar-refractivity contribution in [3.8, 4) is 33.9 Å². The summed E-state index contributed by atoms with van der Waals surface area (Å²) in [5.74, 6) is 0.768. The second-order valence-electron chi connectivity index (χ2n) is 9.70. The number of benzene rings is 3. The number of nitrogens with zero attached hydrogens (tertiary/aromatic N) is 1. The van der Waals surface area contributed by atoms with Crippen LogP contribution >= 0.6 is 0 Å².